The topological polar surface area (TPSA) is 44.4 Å². The molecule has 1 aromatic rings. The van der Waals surface area contributed by atoms with Gasteiger partial charge in [0.2, 0.25) is 0 Å². The van der Waals surface area contributed by atoms with Crippen molar-refractivity contribution in [1.29, 1.82) is 0 Å². The summed E-state index contributed by atoms with van der Waals surface area (Å²) >= 11 is 0. The van der Waals surface area contributed by atoms with Gasteiger partial charge >= 0.3 is 6.18 Å². The summed E-state index contributed by atoms with van der Waals surface area (Å²) < 4.78 is 51.8. The molecule has 0 aromatic heterocycles. The molecule has 0 unspecified atom stereocenters. The summed E-state index contributed by atoms with van der Waals surface area (Å²) in [4.78, 5) is 14.5. The predicted molar refractivity (Wildman–Crippen MR) is 105 cm³/mol. The normalized spacial score (nSPS) is 16.4. The van der Waals surface area contributed by atoms with Gasteiger partial charge in [-0.3, -0.25) is 4.79 Å². The Morgan fingerprint density at radius 2 is 1.86 bits per heavy atom. The molecule has 164 valence electrons. The van der Waals surface area contributed by atoms with Crippen molar-refractivity contribution in [3.8, 4) is 0 Å². The first kappa shape index (κ1) is 23.6. The van der Waals surface area contributed by atoms with Crippen LogP contribution in [0.15, 0.2) is 18.2 Å². The van der Waals surface area contributed by atoms with Gasteiger partial charge in [-0.05, 0) is 68.9 Å². The molecule has 1 heterocycles. The third-order valence-corrected chi connectivity index (χ3v) is 5.25. The highest BCUT2D eigenvalue weighted by Gasteiger charge is 2.32. The molecule has 0 saturated carbocycles. The summed E-state index contributed by atoms with van der Waals surface area (Å²) in [6.45, 7) is 9.63. The lowest BCUT2D eigenvalue weighted by molar-refractivity contribution is -0.137. The molecule has 0 spiro atoms. The fraction of sp³-hybridized carbons (Fsp3) is 0.667. The van der Waals surface area contributed by atoms with Crippen LogP contribution in [-0.4, -0.2) is 50.1 Å². The van der Waals surface area contributed by atoms with Crippen molar-refractivity contribution >= 4 is 5.91 Å². The molecule has 29 heavy (non-hydrogen) atoms. The predicted octanol–water partition coefficient (Wildman–Crippen LogP) is 3.92. The minimum Gasteiger partial charge on any atom is -0.352 e. The summed E-state index contributed by atoms with van der Waals surface area (Å²) in [5.74, 6) is -0.771. The second-order valence-electron chi connectivity index (χ2n) is 8.15. The zero-order valence-electron chi connectivity index (χ0n) is 17.1. The number of carbonyl (C=O) groups is 1. The first-order valence-electron chi connectivity index (χ1n) is 10.2. The molecule has 8 heteroatoms. The van der Waals surface area contributed by atoms with Gasteiger partial charge in [0.15, 0.2) is 0 Å². The van der Waals surface area contributed by atoms with Gasteiger partial charge in [-0.1, -0.05) is 13.8 Å². The van der Waals surface area contributed by atoms with Crippen LogP contribution in [0.25, 0.3) is 0 Å². The van der Waals surface area contributed by atoms with Crippen LogP contribution in [0.3, 0.4) is 0 Å². The van der Waals surface area contributed by atoms with Gasteiger partial charge < -0.3 is 15.5 Å². The van der Waals surface area contributed by atoms with Crippen molar-refractivity contribution in [2.75, 3.05) is 39.3 Å². The number of nitrogens with one attached hydrogen (secondary N) is 2. The van der Waals surface area contributed by atoms with Gasteiger partial charge in [0.05, 0.1) is 5.56 Å². The lowest BCUT2D eigenvalue weighted by Gasteiger charge is -2.32. The number of hydrogen-bond donors (Lipinski definition) is 2. The number of benzene rings is 1. The summed E-state index contributed by atoms with van der Waals surface area (Å²) in [6, 6.07) is 1.91. The van der Waals surface area contributed by atoms with Crippen LogP contribution >= 0.6 is 0 Å². The summed E-state index contributed by atoms with van der Waals surface area (Å²) in [5, 5.41) is 6.10. The Kier molecular flexibility index (Phi) is 8.89. The monoisotopic (exact) mass is 417 g/mol. The lowest BCUT2D eigenvalue weighted by atomic mass is 9.96. The smallest absolute Gasteiger partial charge is 0.352 e. The maximum Gasteiger partial charge on any atom is 0.416 e. The van der Waals surface area contributed by atoms with Crippen molar-refractivity contribution in [3.05, 3.63) is 35.1 Å². The molecule has 0 aliphatic carbocycles. The van der Waals surface area contributed by atoms with E-state index in [1.807, 2.05) is 0 Å². The Balaban J connectivity index is 1.71. The van der Waals surface area contributed by atoms with Gasteiger partial charge in [0.1, 0.15) is 5.82 Å². The fourth-order valence-corrected chi connectivity index (χ4v) is 3.39. The van der Waals surface area contributed by atoms with Crippen molar-refractivity contribution in [3.63, 3.8) is 0 Å². The van der Waals surface area contributed by atoms with E-state index in [0.29, 0.717) is 24.6 Å². The Hall–Kier alpha value is -1.67. The largest absolute Gasteiger partial charge is 0.416 e. The highest BCUT2D eigenvalue weighted by atomic mass is 19.4. The van der Waals surface area contributed by atoms with Crippen LogP contribution in [0.2, 0.25) is 0 Å². The SMILES string of the molecule is CC(C)CCNCCN1CCC(CNC(=O)c2cc(F)cc(C(F)(F)F)c2)CC1. The molecule has 1 fully saturated rings. The second-order valence-corrected chi connectivity index (χ2v) is 8.15. The van der Waals surface area contributed by atoms with Crippen molar-refractivity contribution < 1.29 is 22.4 Å². The zero-order chi connectivity index (χ0) is 21.4. The maximum atomic E-state index is 13.5. The third kappa shape index (κ3) is 8.30. The number of hydrogen-bond acceptors (Lipinski definition) is 3. The van der Waals surface area contributed by atoms with E-state index < -0.39 is 23.5 Å². The maximum absolute atomic E-state index is 13.5. The van der Waals surface area contributed by atoms with E-state index >= 15 is 0 Å². The van der Waals surface area contributed by atoms with Gasteiger partial charge in [-0.25, -0.2) is 4.39 Å². The number of rotatable bonds is 9. The summed E-state index contributed by atoms with van der Waals surface area (Å²) in [6.07, 6.45) is -1.68. The van der Waals surface area contributed by atoms with Gasteiger partial charge in [0, 0.05) is 25.2 Å². The highest BCUT2D eigenvalue weighted by Crippen LogP contribution is 2.30. The Bertz CT molecular complexity index is 656. The van der Waals surface area contributed by atoms with Crippen LogP contribution in [0.4, 0.5) is 17.6 Å². The minimum atomic E-state index is -4.69. The van der Waals surface area contributed by atoms with Crippen molar-refractivity contribution in [2.24, 2.45) is 11.8 Å². The molecule has 2 rings (SSSR count). The molecule has 0 bridgehead atoms. The average molecular weight is 417 g/mol. The molecule has 0 atom stereocenters. The first-order valence-corrected chi connectivity index (χ1v) is 10.2. The van der Waals surface area contributed by atoms with Gasteiger partial charge in [-0.15, -0.1) is 0 Å². The van der Waals surface area contributed by atoms with E-state index in [2.05, 4.69) is 29.4 Å². The van der Waals surface area contributed by atoms with E-state index in [1.165, 1.54) is 0 Å². The van der Waals surface area contributed by atoms with Crippen molar-refractivity contribution in [1.82, 2.24) is 15.5 Å². The molecule has 1 aliphatic heterocycles. The molecule has 1 aromatic carbocycles. The second kappa shape index (κ2) is 10.9. The van der Waals surface area contributed by atoms with Crippen LogP contribution in [0.1, 0.15) is 49.0 Å². The Morgan fingerprint density at radius 1 is 1.17 bits per heavy atom. The average Bonchev–Trinajstić information content (AvgIpc) is 2.65. The van der Waals surface area contributed by atoms with Crippen LogP contribution in [-0.2, 0) is 6.18 Å². The van der Waals surface area contributed by atoms with E-state index in [4.69, 9.17) is 0 Å². The van der Waals surface area contributed by atoms with Crippen LogP contribution in [0.5, 0.6) is 0 Å². The zero-order valence-corrected chi connectivity index (χ0v) is 17.1. The number of nitrogens with zero attached hydrogens (tertiary/aromatic N) is 1. The number of halogens is 4. The molecule has 1 aliphatic rings. The van der Waals surface area contributed by atoms with E-state index in [0.717, 1.165) is 58.1 Å². The van der Waals surface area contributed by atoms with Crippen LogP contribution < -0.4 is 10.6 Å². The molecule has 1 saturated heterocycles. The minimum absolute atomic E-state index is 0.278. The Labute approximate surface area is 170 Å². The Morgan fingerprint density at radius 3 is 2.48 bits per heavy atom. The number of piperidine rings is 1. The summed E-state index contributed by atoms with van der Waals surface area (Å²) in [7, 11) is 0. The molecule has 4 nitrogen and oxygen atoms in total. The van der Waals surface area contributed by atoms with E-state index in [-0.39, 0.29) is 11.5 Å². The molecular weight excluding hydrogens is 386 g/mol. The number of alkyl halides is 3. The molecule has 0 radical (unpaired) electrons. The fourth-order valence-electron chi connectivity index (χ4n) is 3.39. The highest BCUT2D eigenvalue weighted by molar-refractivity contribution is 5.94. The molecule has 1 amide bonds. The lowest BCUT2D eigenvalue weighted by Crippen LogP contribution is -2.41. The van der Waals surface area contributed by atoms with Crippen LogP contribution in [0, 0.1) is 17.7 Å². The van der Waals surface area contributed by atoms with Gasteiger partial charge in [-0.2, -0.15) is 13.2 Å². The number of amides is 1. The number of carbonyl (C=O) groups excluding carboxylic acids is 1. The third-order valence-electron chi connectivity index (χ3n) is 5.25. The molecule has 2 N–H and O–H groups in total. The number of likely N-dealkylation sites (tertiary alicyclic amines) is 1. The first-order chi connectivity index (χ1) is 13.6. The standard InChI is InChI=1S/C21H31F4N3O/c1-15(2)3-6-26-7-10-28-8-4-16(5-9-28)14-27-20(29)17-11-18(21(23,24)25)13-19(22)12-17/h11-13,15-16,26H,3-10,14H2,1-2H3,(H,27,29). The van der Waals surface area contributed by atoms with E-state index in [9.17, 15) is 22.4 Å². The van der Waals surface area contributed by atoms with Crippen molar-refractivity contribution in [2.45, 2.75) is 39.3 Å². The quantitative estimate of drug-likeness (QED) is 0.473. The summed E-state index contributed by atoms with van der Waals surface area (Å²) in [5.41, 5.74) is -1.46. The van der Waals surface area contributed by atoms with Gasteiger partial charge in [0.25, 0.3) is 5.91 Å². The van der Waals surface area contributed by atoms with E-state index in [1.54, 1.807) is 0 Å². The molecular formula is C21H31F4N3O.